The average Bonchev–Trinajstić information content (AvgIpc) is 3.33. The summed E-state index contributed by atoms with van der Waals surface area (Å²) in [6.45, 7) is 6.99. The molecule has 3 rings (SSSR count). The fourth-order valence-electron chi connectivity index (χ4n) is 3.26. The third-order valence-corrected chi connectivity index (χ3v) is 4.99. The third-order valence-electron chi connectivity index (χ3n) is 4.99. The summed E-state index contributed by atoms with van der Waals surface area (Å²) in [5.41, 5.74) is 0. The van der Waals surface area contributed by atoms with E-state index in [0.29, 0.717) is 24.5 Å². The van der Waals surface area contributed by atoms with Crippen molar-refractivity contribution >= 4 is 5.91 Å². The minimum Gasteiger partial charge on any atom is -0.339 e. The molecule has 0 spiro atoms. The summed E-state index contributed by atoms with van der Waals surface area (Å²) in [6.07, 6.45) is 7.69. The van der Waals surface area contributed by atoms with Crippen molar-refractivity contribution in [2.75, 3.05) is 32.7 Å². The van der Waals surface area contributed by atoms with Crippen LogP contribution in [0, 0.1) is 5.92 Å². The highest BCUT2D eigenvalue weighted by atomic mass is 16.2. The first-order chi connectivity index (χ1) is 9.76. The zero-order valence-corrected chi connectivity index (χ0v) is 12.8. The Morgan fingerprint density at radius 2 is 1.85 bits per heavy atom. The van der Waals surface area contributed by atoms with Gasteiger partial charge in [0.1, 0.15) is 0 Å². The Balaban J connectivity index is 1.35. The number of likely N-dealkylation sites (tertiary alicyclic amines) is 1. The first-order valence-electron chi connectivity index (χ1n) is 8.51. The van der Waals surface area contributed by atoms with E-state index in [0.717, 1.165) is 25.6 Å². The predicted molar refractivity (Wildman–Crippen MR) is 80.6 cm³/mol. The number of carbonyl (C=O) groups is 1. The molecule has 0 aromatic heterocycles. The molecule has 1 heterocycles. The molecule has 1 saturated heterocycles. The Bertz CT molecular complexity index is 331. The van der Waals surface area contributed by atoms with Gasteiger partial charge in [-0.2, -0.15) is 0 Å². The van der Waals surface area contributed by atoms with Crippen molar-refractivity contribution in [1.29, 1.82) is 0 Å². The van der Waals surface area contributed by atoms with Gasteiger partial charge in [0.2, 0.25) is 5.91 Å². The Morgan fingerprint density at radius 1 is 1.15 bits per heavy atom. The molecule has 0 aromatic carbocycles. The topological polar surface area (TPSA) is 35.6 Å². The van der Waals surface area contributed by atoms with Crippen LogP contribution in [0.2, 0.25) is 0 Å². The largest absolute Gasteiger partial charge is 0.339 e. The minimum absolute atomic E-state index is 0.347. The summed E-state index contributed by atoms with van der Waals surface area (Å²) < 4.78 is 0. The molecule has 0 aromatic rings. The highest BCUT2D eigenvalue weighted by molar-refractivity contribution is 5.78. The molecule has 0 atom stereocenters. The van der Waals surface area contributed by atoms with Gasteiger partial charge < -0.3 is 10.2 Å². The van der Waals surface area contributed by atoms with E-state index in [9.17, 15) is 4.79 Å². The zero-order chi connectivity index (χ0) is 13.9. The maximum atomic E-state index is 12.3. The normalized spacial score (nSPS) is 24.9. The smallest absolute Gasteiger partial charge is 0.236 e. The number of nitrogens with one attached hydrogen (secondary N) is 1. The van der Waals surface area contributed by atoms with Crippen molar-refractivity contribution < 1.29 is 4.79 Å². The van der Waals surface area contributed by atoms with Crippen LogP contribution in [0.5, 0.6) is 0 Å². The lowest BCUT2D eigenvalue weighted by molar-refractivity contribution is -0.133. The van der Waals surface area contributed by atoms with Crippen molar-refractivity contribution in [3.05, 3.63) is 0 Å². The maximum Gasteiger partial charge on any atom is 0.236 e. The molecule has 1 aliphatic heterocycles. The lowest BCUT2D eigenvalue weighted by Gasteiger charge is -2.33. The van der Waals surface area contributed by atoms with E-state index in [2.05, 4.69) is 22.0 Å². The van der Waals surface area contributed by atoms with E-state index < -0.39 is 0 Å². The summed E-state index contributed by atoms with van der Waals surface area (Å²) >= 11 is 0. The Labute approximate surface area is 122 Å². The number of likely N-dealkylation sites (N-methyl/N-ethyl adjacent to an activating group) is 1. The van der Waals surface area contributed by atoms with Gasteiger partial charge in [0.25, 0.3) is 0 Å². The molecule has 4 heteroatoms. The molecular weight excluding hydrogens is 250 g/mol. The van der Waals surface area contributed by atoms with Crippen LogP contribution >= 0.6 is 0 Å². The quantitative estimate of drug-likeness (QED) is 0.766. The van der Waals surface area contributed by atoms with Crippen molar-refractivity contribution in [3.63, 3.8) is 0 Å². The van der Waals surface area contributed by atoms with E-state index in [4.69, 9.17) is 0 Å². The summed E-state index contributed by atoms with van der Waals surface area (Å²) in [4.78, 5) is 16.7. The van der Waals surface area contributed by atoms with E-state index in [1.807, 2.05) is 0 Å². The van der Waals surface area contributed by atoms with Gasteiger partial charge in [-0.15, -0.1) is 0 Å². The van der Waals surface area contributed by atoms with Crippen LogP contribution in [0.3, 0.4) is 0 Å². The van der Waals surface area contributed by atoms with E-state index >= 15 is 0 Å². The van der Waals surface area contributed by atoms with Crippen LogP contribution in [-0.2, 0) is 4.79 Å². The van der Waals surface area contributed by atoms with Crippen LogP contribution in [0.15, 0.2) is 0 Å². The molecular formula is C16H29N3O. The SMILES string of the molecule is CCN(C(=O)CN1CCC(NCC2CC2)CC1)C1CC1. The number of amides is 1. The van der Waals surface area contributed by atoms with Gasteiger partial charge in [0.15, 0.2) is 0 Å². The van der Waals surface area contributed by atoms with Gasteiger partial charge >= 0.3 is 0 Å². The number of nitrogens with zero attached hydrogens (tertiary/aromatic N) is 2. The van der Waals surface area contributed by atoms with Gasteiger partial charge in [0.05, 0.1) is 6.54 Å². The van der Waals surface area contributed by atoms with Crippen molar-refractivity contribution in [1.82, 2.24) is 15.1 Å². The molecule has 3 aliphatic rings. The van der Waals surface area contributed by atoms with Crippen molar-refractivity contribution in [2.45, 2.75) is 57.5 Å². The Hall–Kier alpha value is -0.610. The number of rotatable bonds is 7. The molecule has 114 valence electrons. The summed E-state index contributed by atoms with van der Waals surface area (Å²) in [5.74, 6) is 1.31. The second-order valence-corrected chi connectivity index (χ2v) is 6.81. The number of carbonyl (C=O) groups excluding carboxylic acids is 1. The number of hydrogen-bond donors (Lipinski definition) is 1. The van der Waals surface area contributed by atoms with Gasteiger partial charge in [-0.1, -0.05) is 0 Å². The lowest BCUT2D eigenvalue weighted by Crippen LogP contribution is -2.47. The Morgan fingerprint density at radius 3 is 2.40 bits per heavy atom. The Kier molecular flexibility index (Phi) is 4.61. The molecule has 2 saturated carbocycles. The maximum absolute atomic E-state index is 12.3. The van der Waals surface area contributed by atoms with Crippen LogP contribution < -0.4 is 5.32 Å². The minimum atomic E-state index is 0.347. The molecule has 2 aliphatic carbocycles. The molecule has 0 radical (unpaired) electrons. The number of hydrogen-bond acceptors (Lipinski definition) is 3. The first kappa shape index (κ1) is 14.3. The fourth-order valence-corrected chi connectivity index (χ4v) is 3.26. The second kappa shape index (κ2) is 6.44. The summed E-state index contributed by atoms with van der Waals surface area (Å²) in [7, 11) is 0. The van der Waals surface area contributed by atoms with E-state index in [1.165, 1.54) is 45.1 Å². The first-order valence-corrected chi connectivity index (χ1v) is 8.51. The van der Waals surface area contributed by atoms with Crippen LogP contribution in [0.1, 0.15) is 45.4 Å². The zero-order valence-electron chi connectivity index (χ0n) is 12.8. The monoisotopic (exact) mass is 279 g/mol. The molecule has 20 heavy (non-hydrogen) atoms. The van der Waals surface area contributed by atoms with Gasteiger partial charge in [0, 0.05) is 31.7 Å². The lowest BCUT2D eigenvalue weighted by atomic mass is 10.0. The fraction of sp³-hybridized carbons (Fsp3) is 0.938. The van der Waals surface area contributed by atoms with Crippen LogP contribution in [0.25, 0.3) is 0 Å². The highest BCUT2D eigenvalue weighted by Crippen LogP contribution is 2.28. The second-order valence-electron chi connectivity index (χ2n) is 6.81. The van der Waals surface area contributed by atoms with E-state index in [1.54, 1.807) is 0 Å². The molecule has 0 bridgehead atoms. The van der Waals surface area contributed by atoms with Gasteiger partial charge in [-0.3, -0.25) is 9.69 Å². The number of piperidine rings is 1. The molecule has 4 nitrogen and oxygen atoms in total. The highest BCUT2D eigenvalue weighted by Gasteiger charge is 2.32. The van der Waals surface area contributed by atoms with Crippen molar-refractivity contribution in [2.24, 2.45) is 5.92 Å². The van der Waals surface area contributed by atoms with Crippen LogP contribution in [-0.4, -0.2) is 60.5 Å². The molecule has 3 fully saturated rings. The third kappa shape index (κ3) is 3.95. The predicted octanol–water partition coefficient (Wildman–Crippen LogP) is 1.46. The van der Waals surface area contributed by atoms with Gasteiger partial charge in [-0.25, -0.2) is 0 Å². The molecule has 1 N–H and O–H groups in total. The van der Waals surface area contributed by atoms with Crippen LogP contribution in [0.4, 0.5) is 0 Å². The molecule has 1 amide bonds. The summed E-state index contributed by atoms with van der Waals surface area (Å²) in [6, 6.07) is 1.25. The standard InChI is InChI=1S/C16H29N3O/c1-2-19(15-5-6-15)16(20)12-18-9-7-14(8-10-18)17-11-13-3-4-13/h13-15,17H,2-12H2,1H3. The molecule has 0 unspecified atom stereocenters. The van der Waals surface area contributed by atoms with E-state index in [-0.39, 0.29) is 0 Å². The average molecular weight is 279 g/mol. The van der Waals surface area contributed by atoms with Gasteiger partial charge in [-0.05, 0) is 57.9 Å². The van der Waals surface area contributed by atoms with Crippen molar-refractivity contribution in [3.8, 4) is 0 Å². The summed E-state index contributed by atoms with van der Waals surface area (Å²) in [5, 5.41) is 3.70.